The van der Waals surface area contributed by atoms with Gasteiger partial charge in [-0.2, -0.15) is 13.2 Å². The Bertz CT molecular complexity index is 554. The predicted molar refractivity (Wildman–Crippen MR) is 67.8 cm³/mol. The Kier molecular flexibility index (Phi) is 3.69. The van der Waals surface area contributed by atoms with Gasteiger partial charge in [0.05, 0.1) is 6.42 Å². The molecule has 20 heavy (non-hydrogen) atoms. The quantitative estimate of drug-likeness (QED) is 0.925. The molecule has 0 bridgehead atoms. The third-order valence-corrected chi connectivity index (χ3v) is 3.11. The van der Waals surface area contributed by atoms with E-state index in [1.165, 1.54) is 24.2 Å². The highest BCUT2D eigenvalue weighted by Gasteiger charge is 2.34. The van der Waals surface area contributed by atoms with Gasteiger partial charge in [0, 0.05) is 30.4 Å². The number of rotatable bonds is 3. The van der Waals surface area contributed by atoms with Crippen LogP contribution in [0.5, 0.6) is 0 Å². The van der Waals surface area contributed by atoms with Crippen LogP contribution in [0, 0.1) is 0 Å². The molecule has 2 heterocycles. The van der Waals surface area contributed by atoms with Gasteiger partial charge in [-0.1, -0.05) is 6.07 Å². The second-order valence-electron chi connectivity index (χ2n) is 4.76. The first-order valence-corrected chi connectivity index (χ1v) is 6.07. The van der Waals surface area contributed by atoms with E-state index >= 15 is 0 Å². The summed E-state index contributed by atoms with van der Waals surface area (Å²) in [5, 5.41) is 0. The van der Waals surface area contributed by atoms with Gasteiger partial charge < -0.3 is 10.6 Å². The van der Waals surface area contributed by atoms with E-state index in [1.807, 2.05) is 0 Å². The van der Waals surface area contributed by atoms with Crippen LogP contribution in [0.25, 0.3) is 0 Å². The molecule has 1 aromatic rings. The van der Waals surface area contributed by atoms with Crippen LogP contribution in [0.1, 0.15) is 18.9 Å². The van der Waals surface area contributed by atoms with Crippen LogP contribution in [-0.4, -0.2) is 23.1 Å². The largest absolute Gasteiger partial charge is 0.391 e. The zero-order valence-corrected chi connectivity index (χ0v) is 10.8. The van der Waals surface area contributed by atoms with E-state index in [1.54, 1.807) is 12.1 Å². The molecule has 0 saturated heterocycles. The van der Waals surface area contributed by atoms with Crippen LogP contribution in [0.4, 0.5) is 19.0 Å². The third kappa shape index (κ3) is 3.09. The van der Waals surface area contributed by atoms with Gasteiger partial charge in [0.1, 0.15) is 5.82 Å². The monoisotopic (exact) mass is 285 g/mol. The summed E-state index contributed by atoms with van der Waals surface area (Å²) in [6.07, 6.45) is -2.12. The highest BCUT2D eigenvalue weighted by Crippen LogP contribution is 2.32. The van der Waals surface area contributed by atoms with Gasteiger partial charge in [-0.3, -0.25) is 4.79 Å². The second kappa shape index (κ2) is 5.15. The van der Waals surface area contributed by atoms with E-state index in [0.29, 0.717) is 11.4 Å². The van der Waals surface area contributed by atoms with Gasteiger partial charge >= 0.3 is 6.18 Å². The average Bonchev–Trinajstić information content (AvgIpc) is 2.35. The van der Waals surface area contributed by atoms with Gasteiger partial charge in [-0.25, -0.2) is 4.98 Å². The van der Waals surface area contributed by atoms with Gasteiger partial charge in [0.25, 0.3) is 0 Å². The van der Waals surface area contributed by atoms with Crippen molar-refractivity contribution >= 4 is 11.7 Å². The summed E-state index contributed by atoms with van der Waals surface area (Å²) < 4.78 is 37.6. The first kappa shape index (κ1) is 14.4. The first-order chi connectivity index (χ1) is 9.28. The molecule has 1 atom stereocenters. The lowest BCUT2D eigenvalue weighted by atomic mass is 10.0. The number of pyridine rings is 1. The van der Waals surface area contributed by atoms with Crippen molar-refractivity contribution in [2.45, 2.75) is 32.0 Å². The maximum Gasteiger partial charge on any atom is 0.391 e. The van der Waals surface area contributed by atoms with Crippen molar-refractivity contribution in [3.8, 4) is 0 Å². The number of anilines is 1. The minimum Gasteiger partial charge on any atom is -0.366 e. The van der Waals surface area contributed by atoms with Crippen molar-refractivity contribution in [3.05, 3.63) is 35.7 Å². The molecule has 0 radical (unpaired) electrons. The van der Waals surface area contributed by atoms with Crippen LogP contribution in [0.2, 0.25) is 0 Å². The molecular formula is C13H14F3N3O. The molecule has 0 aliphatic carbocycles. The SMILES string of the molecule is CC(CC(F)(F)F)N1C=C(C(N)=O)Cc2cccnc21. The van der Waals surface area contributed by atoms with Crippen LogP contribution >= 0.6 is 0 Å². The lowest BCUT2D eigenvalue weighted by molar-refractivity contribution is -0.137. The molecule has 0 aromatic carbocycles. The number of hydrogen-bond donors (Lipinski definition) is 1. The van der Waals surface area contributed by atoms with Crippen LogP contribution in [0.15, 0.2) is 30.1 Å². The predicted octanol–water partition coefficient (Wildman–Crippen LogP) is 2.15. The summed E-state index contributed by atoms with van der Waals surface area (Å²) in [6.45, 7) is 1.44. The number of hydrogen-bond acceptors (Lipinski definition) is 3. The van der Waals surface area contributed by atoms with Crippen LogP contribution < -0.4 is 10.6 Å². The smallest absolute Gasteiger partial charge is 0.366 e. The van der Waals surface area contributed by atoms with Crippen molar-refractivity contribution in [1.29, 1.82) is 0 Å². The summed E-state index contributed by atoms with van der Waals surface area (Å²) >= 11 is 0. The highest BCUT2D eigenvalue weighted by atomic mass is 19.4. The molecule has 2 N–H and O–H groups in total. The fraction of sp³-hybridized carbons (Fsp3) is 0.385. The minimum absolute atomic E-state index is 0.277. The number of aromatic nitrogens is 1. The standard InChI is InChI=1S/C13H14F3N3O/c1-8(6-13(14,15)16)19-7-10(11(17)20)5-9-3-2-4-18-12(9)19/h2-4,7-8H,5-6H2,1H3,(H2,17,20). The minimum atomic E-state index is -4.29. The maximum atomic E-state index is 12.5. The molecule has 0 fully saturated rings. The Balaban J connectivity index is 2.36. The molecule has 0 spiro atoms. The summed E-state index contributed by atoms with van der Waals surface area (Å²) in [5.74, 6) is -0.196. The summed E-state index contributed by atoms with van der Waals surface area (Å²) in [4.78, 5) is 16.8. The summed E-state index contributed by atoms with van der Waals surface area (Å²) in [7, 11) is 0. The molecule has 1 aliphatic rings. The first-order valence-electron chi connectivity index (χ1n) is 6.07. The van der Waals surface area contributed by atoms with Gasteiger partial charge in [0.2, 0.25) is 5.91 Å². The second-order valence-corrected chi connectivity index (χ2v) is 4.76. The fourth-order valence-corrected chi connectivity index (χ4v) is 2.20. The number of nitrogens with two attached hydrogens (primary N) is 1. The van der Waals surface area contributed by atoms with E-state index in [4.69, 9.17) is 5.73 Å². The zero-order chi connectivity index (χ0) is 14.9. The molecule has 0 saturated carbocycles. The molecule has 2 rings (SSSR count). The van der Waals surface area contributed by atoms with Gasteiger partial charge in [-0.05, 0) is 18.6 Å². The Morgan fingerprint density at radius 3 is 2.85 bits per heavy atom. The molecule has 1 aromatic heterocycles. The number of carbonyl (C=O) groups is 1. The average molecular weight is 285 g/mol. The van der Waals surface area contributed by atoms with E-state index < -0.39 is 24.5 Å². The number of carbonyl (C=O) groups excluding carboxylic acids is 1. The number of amides is 1. The van der Waals surface area contributed by atoms with E-state index in [2.05, 4.69) is 4.98 Å². The Morgan fingerprint density at radius 1 is 1.55 bits per heavy atom. The molecule has 1 aliphatic heterocycles. The van der Waals surface area contributed by atoms with E-state index in [9.17, 15) is 18.0 Å². The molecule has 1 amide bonds. The van der Waals surface area contributed by atoms with Crippen molar-refractivity contribution in [2.75, 3.05) is 4.90 Å². The lowest BCUT2D eigenvalue weighted by Crippen LogP contribution is -2.37. The molecule has 108 valence electrons. The number of primary amides is 1. The number of nitrogens with zero attached hydrogens (tertiary/aromatic N) is 2. The Labute approximate surface area is 114 Å². The van der Waals surface area contributed by atoms with Gasteiger partial charge in [-0.15, -0.1) is 0 Å². The molecular weight excluding hydrogens is 271 g/mol. The summed E-state index contributed by atoms with van der Waals surface area (Å²) in [6, 6.07) is 2.54. The highest BCUT2D eigenvalue weighted by molar-refractivity contribution is 5.93. The molecule has 7 heteroatoms. The molecule has 1 unspecified atom stereocenters. The van der Waals surface area contributed by atoms with Gasteiger partial charge in [0.15, 0.2) is 0 Å². The van der Waals surface area contributed by atoms with Crippen molar-refractivity contribution in [1.82, 2.24) is 4.98 Å². The normalized spacial score (nSPS) is 16.4. The third-order valence-electron chi connectivity index (χ3n) is 3.11. The Hall–Kier alpha value is -2.05. The fourth-order valence-electron chi connectivity index (χ4n) is 2.20. The lowest BCUT2D eigenvalue weighted by Gasteiger charge is -2.32. The number of fused-ring (bicyclic) bond motifs is 1. The summed E-state index contributed by atoms with van der Waals surface area (Å²) in [5.41, 5.74) is 6.21. The number of alkyl halides is 3. The maximum absolute atomic E-state index is 12.5. The Morgan fingerprint density at radius 2 is 2.25 bits per heavy atom. The topological polar surface area (TPSA) is 59.2 Å². The van der Waals surface area contributed by atoms with E-state index in [-0.39, 0.29) is 12.0 Å². The van der Waals surface area contributed by atoms with Crippen LogP contribution in [-0.2, 0) is 11.2 Å². The zero-order valence-electron chi connectivity index (χ0n) is 10.8. The molecule has 4 nitrogen and oxygen atoms in total. The van der Waals surface area contributed by atoms with Crippen molar-refractivity contribution in [3.63, 3.8) is 0 Å². The van der Waals surface area contributed by atoms with Crippen molar-refractivity contribution < 1.29 is 18.0 Å². The van der Waals surface area contributed by atoms with Crippen LogP contribution in [0.3, 0.4) is 0 Å². The number of halogens is 3. The van der Waals surface area contributed by atoms with Crippen molar-refractivity contribution in [2.24, 2.45) is 5.73 Å². The van der Waals surface area contributed by atoms with E-state index in [0.717, 1.165) is 0 Å².